The van der Waals surface area contributed by atoms with Crippen LogP contribution in [0.25, 0.3) is 0 Å². The largest absolute Gasteiger partial charge is 0.382 e. The van der Waals surface area contributed by atoms with Gasteiger partial charge in [-0.25, -0.2) is 4.98 Å². The third-order valence-electron chi connectivity index (χ3n) is 4.51. The van der Waals surface area contributed by atoms with Gasteiger partial charge in [0.15, 0.2) is 0 Å². The van der Waals surface area contributed by atoms with E-state index in [4.69, 9.17) is 0 Å². The summed E-state index contributed by atoms with van der Waals surface area (Å²) < 4.78 is 0. The Kier molecular flexibility index (Phi) is 4.76. The van der Waals surface area contributed by atoms with Crippen molar-refractivity contribution in [2.75, 3.05) is 18.4 Å². The molecular weight excluding hydrogens is 288 g/mol. The lowest BCUT2D eigenvalue weighted by Gasteiger charge is -2.36. The van der Waals surface area contributed by atoms with E-state index >= 15 is 0 Å². The molecule has 1 aliphatic rings. The first-order valence-electron chi connectivity index (χ1n) is 8.25. The smallest absolute Gasteiger partial charge is 0.251 e. The maximum Gasteiger partial charge on any atom is 0.251 e. The molecule has 0 saturated carbocycles. The third kappa shape index (κ3) is 3.99. The number of aromatic nitrogens is 2. The Hall–Kier alpha value is -2.14. The predicted octanol–water partition coefficient (Wildman–Crippen LogP) is 2.72. The lowest BCUT2D eigenvalue weighted by Crippen LogP contribution is -2.41. The molecule has 2 heterocycles. The van der Waals surface area contributed by atoms with Gasteiger partial charge in [0, 0.05) is 36.6 Å². The van der Waals surface area contributed by atoms with E-state index in [1.54, 1.807) is 0 Å². The summed E-state index contributed by atoms with van der Waals surface area (Å²) in [4.78, 5) is 21.4. The number of para-hydroxylation sites is 1. The number of piperidine rings is 1. The van der Waals surface area contributed by atoms with E-state index in [0.717, 1.165) is 37.4 Å². The molecule has 1 fully saturated rings. The summed E-state index contributed by atoms with van der Waals surface area (Å²) in [5.74, 6) is 0.768. The summed E-state index contributed by atoms with van der Waals surface area (Å²) in [6, 6.07) is 12.5. The molecule has 122 valence electrons. The second kappa shape index (κ2) is 6.96. The van der Waals surface area contributed by atoms with Crippen molar-refractivity contribution in [1.82, 2.24) is 14.9 Å². The van der Waals surface area contributed by atoms with Gasteiger partial charge < -0.3 is 10.3 Å². The molecule has 3 rings (SSSR count). The highest BCUT2D eigenvalue weighted by atomic mass is 16.1. The molecule has 0 spiro atoms. The first-order chi connectivity index (χ1) is 11.1. The molecule has 2 aromatic rings. The zero-order valence-electron chi connectivity index (χ0n) is 13.7. The van der Waals surface area contributed by atoms with E-state index < -0.39 is 0 Å². The van der Waals surface area contributed by atoms with Gasteiger partial charge in [-0.15, -0.1) is 0 Å². The Bertz CT molecular complexity index is 690. The van der Waals surface area contributed by atoms with Crippen LogP contribution in [-0.4, -0.2) is 34.0 Å². The summed E-state index contributed by atoms with van der Waals surface area (Å²) in [6.07, 6.45) is 2.19. The lowest BCUT2D eigenvalue weighted by atomic mass is 10.0. The van der Waals surface area contributed by atoms with Crippen molar-refractivity contribution >= 4 is 5.69 Å². The van der Waals surface area contributed by atoms with E-state index in [1.165, 1.54) is 11.8 Å². The molecule has 23 heavy (non-hydrogen) atoms. The van der Waals surface area contributed by atoms with E-state index in [0.29, 0.717) is 6.04 Å². The topological polar surface area (TPSA) is 61.0 Å². The van der Waals surface area contributed by atoms with Crippen molar-refractivity contribution in [3.8, 4) is 0 Å². The van der Waals surface area contributed by atoms with Crippen LogP contribution in [0.3, 0.4) is 0 Å². The molecular formula is C18H24N4O. The standard InChI is InChI=1S/C18H24N4O/c1-13-12-17(23)21-18(19-13)14(2)22-10-8-16(9-11-22)20-15-6-4-3-5-7-15/h3-7,12,14,16,20H,8-11H2,1-2H3,(H,19,21,23)/t14-/m1/s1. The summed E-state index contributed by atoms with van der Waals surface area (Å²) in [7, 11) is 0. The molecule has 1 aromatic heterocycles. The SMILES string of the molecule is Cc1cc(=O)[nH]c([C@@H](C)N2CCC(Nc3ccccc3)CC2)n1. The molecule has 1 aliphatic heterocycles. The summed E-state index contributed by atoms with van der Waals surface area (Å²) in [6.45, 7) is 5.98. The van der Waals surface area contributed by atoms with Gasteiger partial charge in [0.05, 0.1) is 6.04 Å². The van der Waals surface area contributed by atoms with Crippen molar-refractivity contribution in [2.24, 2.45) is 0 Å². The van der Waals surface area contributed by atoms with Crippen molar-refractivity contribution in [2.45, 2.75) is 38.8 Å². The van der Waals surface area contributed by atoms with Crippen LogP contribution < -0.4 is 10.9 Å². The lowest BCUT2D eigenvalue weighted by molar-refractivity contribution is 0.161. The van der Waals surface area contributed by atoms with Crippen LogP contribution >= 0.6 is 0 Å². The fraction of sp³-hybridized carbons (Fsp3) is 0.444. The van der Waals surface area contributed by atoms with Crippen LogP contribution in [0.15, 0.2) is 41.2 Å². The zero-order valence-corrected chi connectivity index (χ0v) is 13.7. The Balaban J connectivity index is 1.59. The number of aryl methyl sites for hydroxylation is 1. The fourth-order valence-corrected chi connectivity index (χ4v) is 3.17. The number of nitrogens with zero attached hydrogens (tertiary/aromatic N) is 2. The van der Waals surface area contributed by atoms with Gasteiger partial charge in [-0.3, -0.25) is 9.69 Å². The van der Waals surface area contributed by atoms with E-state index in [9.17, 15) is 4.79 Å². The van der Waals surface area contributed by atoms with E-state index in [-0.39, 0.29) is 11.6 Å². The highest BCUT2D eigenvalue weighted by molar-refractivity contribution is 5.43. The summed E-state index contributed by atoms with van der Waals surface area (Å²) >= 11 is 0. The molecule has 2 N–H and O–H groups in total. The maximum atomic E-state index is 11.6. The van der Waals surface area contributed by atoms with E-state index in [2.05, 4.69) is 51.4 Å². The highest BCUT2D eigenvalue weighted by Crippen LogP contribution is 2.23. The number of likely N-dealkylation sites (tertiary alicyclic amines) is 1. The number of rotatable bonds is 4. The average molecular weight is 312 g/mol. The van der Waals surface area contributed by atoms with Crippen molar-refractivity contribution in [1.29, 1.82) is 0 Å². The molecule has 0 unspecified atom stereocenters. The molecule has 0 radical (unpaired) electrons. The van der Waals surface area contributed by atoms with Gasteiger partial charge in [0.25, 0.3) is 5.56 Å². The van der Waals surface area contributed by atoms with Crippen LogP contribution in [0.5, 0.6) is 0 Å². The van der Waals surface area contributed by atoms with Gasteiger partial charge in [-0.2, -0.15) is 0 Å². The number of aromatic amines is 1. The highest BCUT2D eigenvalue weighted by Gasteiger charge is 2.24. The average Bonchev–Trinajstić information content (AvgIpc) is 2.55. The van der Waals surface area contributed by atoms with Gasteiger partial charge in [-0.05, 0) is 38.8 Å². The zero-order chi connectivity index (χ0) is 16.2. The molecule has 0 amide bonds. The summed E-state index contributed by atoms with van der Waals surface area (Å²) in [5.41, 5.74) is 1.89. The quantitative estimate of drug-likeness (QED) is 0.911. The normalized spacial score (nSPS) is 17.8. The number of benzene rings is 1. The minimum Gasteiger partial charge on any atom is -0.382 e. The van der Waals surface area contributed by atoms with Gasteiger partial charge in [-0.1, -0.05) is 18.2 Å². The second-order valence-electron chi connectivity index (χ2n) is 6.27. The molecule has 1 atom stereocenters. The second-order valence-corrected chi connectivity index (χ2v) is 6.27. The van der Waals surface area contributed by atoms with Crippen molar-refractivity contribution < 1.29 is 0 Å². The summed E-state index contributed by atoms with van der Waals surface area (Å²) in [5, 5.41) is 3.60. The van der Waals surface area contributed by atoms with Crippen molar-refractivity contribution in [3.63, 3.8) is 0 Å². The Morgan fingerprint density at radius 3 is 2.61 bits per heavy atom. The number of H-pyrrole nitrogens is 1. The van der Waals surface area contributed by atoms with Gasteiger partial charge in [0.2, 0.25) is 0 Å². The Labute approximate surface area is 136 Å². The monoisotopic (exact) mass is 312 g/mol. The Morgan fingerprint density at radius 1 is 1.26 bits per heavy atom. The first-order valence-corrected chi connectivity index (χ1v) is 8.25. The minimum absolute atomic E-state index is 0.0695. The molecule has 1 saturated heterocycles. The van der Waals surface area contributed by atoms with Crippen molar-refractivity contribution in [3.05, 3.63) is 58.3 Å². The first kappa shape index (κ1) is 15.7. The van der Waals surface area contributed by atoms with Crippen LogP contribution in [0, 0.1) is 6.92 Å². The van der Waals surface area contributed by atoms with Gasteiger partial charge >= 0.3 is 0 Å². The number of nitrogens with one attached hydrogen (secondary N) is 2. The van der Waals surface area contributed by atoms with Crippen LogP contribution in [0.4, 0.5) is 5.69 Å². The van der Waals surface area contributed by atoms with Crippen LogP contribution in [-0.2, 0) is 0 Å². The minimum atomic E-state index is -0.0695. The number of hydrogen-bond donors (Lipinski definition) is 2. The number of anilines is 1. The molecule has 0 aliphatic carbocycles. The maximum absolute atomic E-state index is 11.6. The number of hydrogen-bond acceptors (Lipinski definition) is 4. The van der Waals surface area contributed by atoms with Gasteiger partial charge in [0.1, 0.15) is 5.82 Å². The third-order valence-corrected chi connectivity index (χ3v) is 4.51. The van der Waals surface area contributed by atoms with Crippen LogP contribution in [0.2, 0.25) is 0 Å². The predicted molar refractivity (Wildman–Crippen MR) is 92.7 cm³/mol. The van der Waals surface area contributed by atoms with E-state index in [1.807, 2.05) is 13.0 Å². The molecule has 5 nitrogen and oxygen atoms in total. The molecule has 0 bridgehead atoms. The fourth-order valence-electron chi connectivity index (χ4n) is 3.17. The molecule has 5 heteroatoms. The van der Waals surface area contributed by atoms with Crippen LogP contribution in [0.1, 0.15) is 37.3 Å². The molecule has 1 aromatic carbocycles. The Morgan fingerprint density at radius 2 is 1.96 bits per heavy atom.